The number of nitrogens with zero attached hydrogens (tertiary/aromatic N) is 2. The van der Waals surface area contributed by atoms with Crippen molar-refractivity contribution in [2.45, 2.75) is 25.4 Å². The number of halogens is 1. The number of rotatable bonds is 4. The Bertz CT molecular complexity index is 474. The molecule has 1 unspecified atom stereocenters. The van der Waals surface area contributed by atoms with Gasteiger partial charge in [0.05, 0.1) is 12.2 Å². The van der Waals surface area contributed by atoms with Crippen LogP contribution in [0.2, 0.25) is 0 Å². The van der Waals surface area contributed by atoms with E-state index in [0.717, 1.165) is 23.4 Å². The molecule has 0 radical (unpaired) electrons. The molecule has 0 spiro atoms. The maximum Gasteiger partial charge on any atom is 0.0923 e. The second kappa shape index (κ2) is 5.34. The number of alkyl halides is 1. The van der Waals surface area contributed by atoms with E-state index in [9.17, 15) is 0 Å². The number of nitrogens with two attached hydrogens (primary N) is 1. The first-order chi connectivity index (χ1) is 8.19. The normalized spacial score (nSPS) is 12.6. The van der Waals surface area contributed by atoms with Gasteiger partial charge >= 0.3 is 0 Å². The molecular weight excluding hydrogens is 234 g/mol. The Kier molecular flexibility index (Phi) is 3.82. The lowest BCUT2D eigenvalue weighted by Gasteiger charge is -2.04. The van der Waals surface area contributed by atoms with E-state index in [0.29, 0.717) is 5.88 Å². The summed E-state index contributed by atoms with van der Waals surface area (Å²) in [5.74, 6) is 0.541. The Morgan fingerprint density at radius 2 is 2.00 bits per heavy atom. The fraction of sp³-hybridized carbons (Fsp3) is 0.308. The van der Waals surface area contributed by atoms with E-state index in [1.165, 1.54) is 0 Å². The van der Waals surface area contributed by atoms with Gasteiger partial charge in [0.1, 0.15) is 0 Å². The van der Waals surface area contributed by atoms with Crippen molar-refractivity contribution in [2.75, 3.05) is 0 Å². The van der Waals surface area contributed by atoms with Crippen molar-refractivity contribution in [3.63, 3.8) is 0 Å². The molecule has 0 saturated carbocycles. The maximum absolute atomic E-state index is 5.75. The standard InChI is InChI=1S/C13H16ClN3/c1-10(15)9-17-7-6-13(16-17)12-4-2-11(8-14)3-5-12/h2-7,10H,8-9,15H2,1H3. The molecule has 0 saturated heterocycles. The van der Waals surface area contributed by atoms with Crippen LogP contribution in [-0.2, 0) is 12.4 Å². The minimum absolute atomic E-state index is 0.112. The minimum atomic E-state index is 0.112. The summed E-state index contributed by atoms with van der Waals surface area (Å²) in [6.07, 6.45) is 1.95. The number of hydrogen-bond acceptors (Lipinski definition) is 2. The van der Waals surface area contributed by atoms with Crippen molar-refractivity contribution in [3.8, 4) is 11.3 Å². The van der Waals surface area contributed by atoms with E-state index in [-0.39, 0.29) is 6.04 Å². The average molecular weight is 250 g/mol. The summed E-state index contributed by atoms with van der Waals surface area (Å²) in [5, 5.41) is 4.48. The number of benzene rings is 1. The van der Waals surface area contributed by atoms with Crippen LogP contribution in [0.1, 0.15) is 12.5 Å². The highest BCUT2D eigenvalue weighted by Crippen LogP contribution is 2.18. The lowest BCUT2D eigenvalue weighted by atomic mass is 10.1. The monoisotopic (exact) mass is 249 g/mol. The molecule has 0 fully saturated rings. The third-order valence-corrected chi connectivity index (χ3v) is 2.83. The Morgan fingerprint density at radius 1 is 1.29 bits per heavy atom. The first-order valence-electron chi connectivity index (χ1n) is 5.63. The van der Waals surface area contributed by atoms with Gasteiger partial charge in [-0.15, -0.1) is 11.6 Å². The molecule has 0 aliphatic rings. The van der Waals surface area contributed by atoms with Crippen LogP contribution in [0.5, 0.6) is 0 Å². The van der Waals surface area contributed by atoms with Crippen LogP contribution in [0.15, 0.2) is 36.5 Å². The van der Waals surface area contributed by atoms with Gasteiger partial charge in [-0.05, 0) is 18.6 Å². The lowest BCUT2D eigenvalue weighted by molar-refractivity contribution is 0.540. The molecule has 17 heavy (non-hydrogen) atoms. The van der Waals surface area contributed by atoms with Gasteiger partial charge in [0.2, 0.25) is 0 Å². The van der Waals surface area contributed by atoms with Gasteiger partial charge in [0.25, 0.3) is 0 Å². The summed E-state index contributed by atoms with van der Waals surface area (Å²) in [6.45, 7) is 2.70. The van der Waals surface area contributed by atoms with Crippen LogP contribution in [0.4, 0.5) is 0 Å². The van der Waals surface area contributed by atoms with E-state index < -0.39 is 0 Å². The highest BCUT2D eigenvalue weighted by Gasteiger charge is 2.03. The molecule has 4 heteroatoms. The molecule has 1 aromatic carbocycles. The summed E-state index contributed by atoms with van der Waals surface area (Å²) in [6, 6.07) is 10.2. The second-order valence-corrected chi connectivity index (χ2v) is 4.50. The molecule has 3 nitrogen and oxygen atoms in total. The molecule has 2 aromatic rings. The second-order valence-electron chi connectivity index (χ2n) is 4.23. The summed E-state index contributed by atoms with van der Waals surface area (Å²) in [7, 11) is 0. The van der Waals surface area contributed by atoms with Crippen molar-refractivity contribution in [1.82, 2.24) is 9.78 Å². The van der Waals surface area contributed by atoms with E-state index >= 15 is 0 Å². The molecule has 0 aliphatic heterocycles. The van der Waals surface area contributed by atoms with Crippen molar-refractivity contribution >= 4 is 11.6 Å². The van der Waals surface area contributed by atoms with Crippen LogP contribution < -0.4 is 5.73 Å². The Hall–Kier alpha value is -1.32. The summed E-state index contributed by atoms with van der Waals surface area (Å²) in [5.41, 5.74) is 8.91. The molecular formula is C13H16ClN3. The summed E-state index contributed by atoms with van der Waals surface area (Å²) < 4.78 is 1.87. The molecule has 1 aromatic heterocycles. The molecule has 90 valence electrons. The third-order valence-electron chi connectivity index (χ3n) is 2.52. The molecule has 1 heterocycles. The maximum atomic E-state index is 5.75. The average Bonchev–Trinajstić information content (AvgIpc) is 2.77. The third kappa shape index (κ3) is 3.08. The zero-order chi connectivity index (χ0) is 12.3. The van der Waals surface area contributed by atoms with Crippen LogP contribution in [-0.4, -0.2) is 15.8 Å². The van der Waals surface area contributed by atoms with Gasteiger partial charge < -0.3 is 5.73 Å². The zero-order valence-electron chi connectivity index (χ0n) is 9.81. The predicted molar refractivity (Wildman–Crippen MR) is 70.9 cm³/mol. The molecule has 1 atom stereocenters. The van der Waals surface area contributed by atoms with Gasteiger partial charge in [-0.1, -0.05) is 24.3 Å². The molecule has 0 amide bonds. The predicted octanol–water partition coefficient (Wildman–Crippen LogP) is 2.64. The van der Waals surface area contributed by atoms with Crippen LogP contribution in [0.3, 0.4) is 0 Å². The largest absolute Gasteiger partial charge is 0.326 e. The van der Waals surface area contributed by atoms with E-state index in [1.54, 1.807) is 0 Å². The smallest absolute Gasteiger partial charge is 0.0923 e. The van der Waals surface area contributed by atoms with Gasteiger partial charge in [-0.2, -0.15) is 5.10 Å². The molecule has 2 rings (SSSR count). The summed E-state index contributed by atoms with van der Waals surface area (Å²) in [4.78, 5) is 0. The van der Waals surface area contributed by atoms with E-state index in [2.05, 4.69) is 5.10 Å². The van der Waals surface area contributed by atoms with E-state index in [4.69, 9.17) is 17.3 Å². The van der Waals surface area contributed by atoms with Crippen molar-refractivity contribution < 1.29 is 0 Å². The lowest BCUT2D eigenvalue weighted by Crippen LogP contribution is -2.22. The van der Waals surface area contributed by atoms with Gasteiger partial charge in [-0.25, -0.2) is 0 Å². The molecule has 2 N–H and O–H groups in total. The molecule has 0 aliphatic carbocycles. The van der Waals surface area contributed by atoms with Crippen molar-refractivity contribution in [1.29, 1.82) is 0 Å². The number of hydrogen-bond donors (Lipinski definition) is 1. The summed E-state index contributed by atoms with van der Waals surface area (Å²) >= 11 is 5.75. The Morgan fingerprint density at radius 3 is 2.59 bits per heavy atom. The molecule has 0 bridgehead atoms. The van der Waals surface area contributed by atoms with Gasteiger partial charge in [0.15, 0.2) is 0 Å². The fourth-order valence-electron chi connectivity index (χ4n) is 1.68. The van der Waals surface area contributed by atoms with E-state index in [1.807, 2.05) is 48.1 Å². The topological polar surface area (TPSA) is 43.8 Å². The Balaban J connectivity index is 2.18. The quantitative estimate of drug-likeness (QED) is 0.847. The zero-order valence-corrected chi connectivity index (χ0v) is 10.6. The van der Waals surface area contributed by atoms with Gasteiger partial charge in [0, 0.05) is 23.7 Å². The SMILES string of the molecule is CC(N)Cn1ccc(-c2ccc(CCl)cc2)n1. The minimum Gasteiger partial charge on any atom is -0.326 e. The van der Waals surface area contributed by atoms with Crippen LogP contribution in [0, 0.1) is 0 Å². The number of aromatic nitrogens is 2. The highest BCUT2D eigenvalue weighted by molar-refractivity contribution is 6.17. The fourth-order valence-corrected chi connectivity index (χ4v) is 1.86. The Labute approximate surface area is 106 Å². The van der Waals surface area contributed by atoms with Crippen molar-refractivity contribution in [2.24, 2.45) is 5.73 Å². The van der Waals surface area contributed by atoms with Crippen LogP contribution in [0.25, 0.3) is 11.3 Å². The first kappa shape index (κ1) is 12.1. The van der Waals surface area contributed by atoms with Gasteiger partial charge in [-0.3, -0.25) is 4.68 Å². The highest BCUT2D eigenvalue weighted by atomic mass is 35.5. The van der Waals surface area contributed by atoms with Crippen LogP contribution >= 0.6 is 11.6 Å². The van der Waals surface area contributed by atoms with Crippen molar-refractivity contribution in [3.05, 3.63) is 42.1 Å². The first-order valence-corrected chi connectivity index (χ1v) is 6.17.